The zero-order chi connectivity index (χ0) is 25.3. The van der Waals surface area contributed by atoms with Crippen LogP contribution in [-0.4, -0.2) is 81.6 Å². The van der Waals surface area contributed by atoms with Crippen LogP contribution in [0.25, 0.3) is 0 Å². The van der Waals surface area contributed by atoms with Crippen LogP contribution in [0.1, 0.15) is 132 Å². The molecule has 0 aromatic heterocycles. The summed E-state index contributed by atoms with van der Waals surface area (Å²) >= 11 is 4.55. The summed E-state index contributed by atoms with van der Waals surface area (Å²) in [6.07, 6.45) is 16.5. The molecule has 4 heteroatoms. The van der Waals surface area contributed by atoms with Gasteiger partial charge in [0, 0.05) is 0 Å². The molecule has 2 fully saturated rings. The van der Waals surface area contributed by atoms with E-state index in [-0.39, 0.29) is 0 Å². The standard InChI is InChI=1S/2C8H17N.2C4H10.2C2H5.2Al.H/c2*1-2-3-6-9-7-4-5-8-9;2*1-3-4-2;2*1-2;;;/h2*2-8H2,1H3;2*3-4H2,1-2H3;2*1H2,2H3;;;/q;;;;;;;+1;. The van der Waals surface area contributed by atoms with Crippen molar-refractivity contribution in [1.82, 2.24) is 9.80 Å². The van der Waals surface area contributed by atoms with Gasteiger partial charge in [0.05, 0.1) is 0 Å². The second-order valence-corrected chi connectivity index (χ2v) is 10.5. The van der Waals surface area contributed by atoms with Gasteiger partial charge in [-0.3, -0.25) is 0 Å². The van der Waals surface area contributed by atoms with Gasteiger partial charge in [-0.15, -0.1) is 5.28 Å². The van der Waals surface area contributed by atoms with E-state index in [4.69, 9.17) is 0 Å². The Morgan fingerprint density at radius 2 is 0.750 bits per heavy atom. The molecule has 0 aromatic rings. The summed E-state index contributed by atoms with van der Waals surface area (Å²) in [6, 6.07) is 0. The van der Waals surface area contributed by atoms with Gasteiger partial charge < -0.3 is 9.80 Å². The van der Waals surface area contributed by atoms with Crippen LogP contribution in [0.2, 0.25) is 10.6 Å². The largest absolute Gasteiger partial charge is 0.120 e. The maximum absolute atomic E-state index is 2.58. The van der Waals surface area contributed by atoms with Crippen LogP contribution in [0.3, 0.4) is 0 Å². The van der Waals surface area contributed by atoms with Gasteiger partial charge in [-0.05, 0) is 77.8 Å². The zero-order valence-electron chi connectivity index (χ0n) is 24.3. The third kappa shape index (κ3) is 44.6. The fourth-order valence-corrected chi connectivity index (χ4v) is 2.78. The molecule has 2 nitrogen and oxygen atoms in total. The third-order valence-electron chi connectivity index (χ3n) is 5.05. The van der Waals surface area contributed by atoms with E-state index in [9.17, 15) is 0 Å². The molecule has 0 spiro atoms. The molecule has 2 rings (SSSR count). The third-order valence-corrected chi connectivity index (χ3v) is 5.05. The summed E-state index contributed by atoms with van der Waals surface area (Å²) in [6.45, 7) is 25.6. The van der Waals surface area contributed by atoms with Gasteiger partial charge in [0.15, 0.2) is 0 Å². The predicted molar refractivity (Wildman–Crippen MR) is 156 cm³/mol. The van der Waals surface area contributed by atoms with Crippen molar-refractivity contribution in [1.29, 1.82) is 0 Å². The van der Waals surface area contributed by atoms with Crippen LogP contribution in [0.5, 0.6) is 0 Å². The molecule has 0 aromatic carbocycles. The summed E-state index contributed by atoms with van der Waals surface area (Å²) in [5.41, 5.74) is 0. The number of rotatable bonds is 8. The smallest absolute Gasteiger partial charge is 0.117 e. The molecule has 192 valence electrons. The molecule has 32 heavy (non-hydrogen) atoms. The maximum atomic E-state index is 2.58. The van der Waals surface area contributed by atoms with Crippen molar-refractivity contribution in [3.8, 4) is 0 Å². The number of hydrogen-bond acceptors (Lipinski definition) is 2. The van der Waals surface area contributed by atoms with Gasteiger partial charge >= 0.3 is 28.5 Å². The van der Waals surface area contributed by atoms with Crippen LogP contribution >= 0.6 is 0 Å². The molecular weight excluding hydrogens is 418 g/mol. The van der Waals surface area contributed by atoms with E-state index >= 15 is 0 Å². The molecule has 2 aliphatic rings. The van der Waals surface area contributed by atoms with Gasteiger partial charge in [0.2, 0.25) is 0 Å². The van der Waals surface area contributed by atoms with Crippen molar-refractivity contribution in [3.63, 3.8) is 0 Å². The minimum absolute atomic E-state index is 1.17. The quantitative estimate of drug-likeness (QED) is 0.320. The Morgan fingerprint density at radius 3 is 0.906 bits per heavy atom. The normalized spacial score (nSPS) is 14.7. The van der Waals surface area contributed by atoms with Crippen LogP contribution in [0.15, 0.2) is 0 Å². The van der Waals surface area contributed by atoms with Gasteiger partial charge in [-0.25, -0.2) is 0 Å². The number of likely N-dealkylation sites (tertiary alicyclic amines) is 2. The number of unbranched alkanes of at least 4 members (excludes halogenated alkanes) is 4. The summed E-state index contributed by atoms with van der Waals surface area (Å²) in [5, 5.41) is 2.44. The Balaban J connectivity index is -0.000000159. The van der Waals surface area contributed by atoms with Gasteiger partial charge in [0.25, 0.3) is 0 Å². The monoisotopic (exact) mass is 483 g/mol. The van der Waals surface area contributed by atoms with E-state index in [0.29, 0.717) is 0 Å². The molecule has 2 heterocycles. The first-order chi connectivity index (χ1) is 15.5. The van der Waals surface area contributed by atoms with Crippen molar-refractivity contribution in [2.75, 3.05) is 39.3 Å². The molecule has 2 radical (unpaired) electrons. The summed E-state index contributed by atoms with van der Waals surface area (Å²) in [7, 11) is 0. The van der Waals surface area contributed by atoms with Crippen molar-refractivity contribution < 1.29 is 0 Å². The summed E-state index contributed by atoms with van der Waals surface area (Å²) in [5.74, 6) is 0. The predicted octanol–water partition coefficient (Wildman–Crippen LogP) is 8.30. The van der Waals surface area contributed by atoms with Crippen LogP contribution in [0, 0.1) is 0 Å². The van der Waals surface area contributed by atoms with Gasteiger partial charge in [-0.1, -0.05) is 87.0 Å². The molecule has 0 unspecified atom stereocenters. The van der Waals surface area contributed by atoms with E-state index in [1.54, 1.807) is 0 Å². The summed E-state index contributed by atoms with van der Waals surface area (Å²) < 4.78 is 0. The number of nitrogens with zero attached hydrogens (tertiary/aromatic N) is 2. The SMILES string of the molecule is CCCC.CCCC.CCCCN1CCCC1.CCCCN1CCCC1.C[CH2][AlH+].C[CH2][Al]. The average molecular weight is 484 g/mol. The van der Waals surface area contributed by atoms with Crippen LogP contribution < -0.4 is 0 Å². The van der Waals surface area contributed by atoms with Crippen LogP contribution in [-0.2, 0) is 0 Å². The molecular formula is C28H65Al2N2+. The first-order valence-corrected chi connectivity index (χ1v) is 16.3. The Kier molecular flexibility index (Phi) is 52.9. The Labute approximate surface area is 223 Å². The maximum Gasteiger partial charge on any atom is 0.117 e. The van der Waals surface area contributed by atoms with E-state index < -0.39 is 0 Å². The minimum Gasteiger partial charge on any atom is -0.120 e. The first-order valence-electron chi connectivity index (χ1n) is 14.5. The fourth-order valence-electron chi connectivity index (χ4n) is 2.78. The zero-order valence-corrected chi connectivity index (χ0v) is 26.9. The van der Waals surface area contributed by atoms with Crippen LogP contribution in [0.4, 0.5) is 0 Å². The first kappa shape index (κ1) is 40.2. The van der Waals surface area contributed by atoms with Crippen molar-refractivity contribution in [3.05, 3.63) is 0 Å². The number of hydrogen-bond donors (Lipinski definition) is 0. The molecule has 0 amide bonds. The topological polar surface area (TPSA) is 6.48 Å². The summed E-state index contributed by atoms with van der Waals surface area (Å²) in [4.78, 5) is 5.15. The molecule has 0 atom stereocenters. The van der Waals surface area contributed by atoms with Gasteiger partial charge in [-0.2, -0.15) is 0 Å². The Bertz CT molecular complexity index is 224. The molecule has 0 N–H and O–H groups in total. The van der Waals surface area contributed by atoms with Gasteiger partial charge in [0.1, 0.15) is 16.3 Å². The molecule has 2 aliphatic heterocycles. The Hall–Kier alpha value is 0.985. The molecule has 0 saturated carbocycles. The van der Waals surface area contributed by atoms with E-state index in [0.717, 1.165) is 0 Å². The molecule has 0 aliphatic carbocycles. The van der Waals surface area contributed by atoms with E-state index in [1.807, 2.05) is 16.3 Å². The fraction of sp³-hybridized carbons (Fsp3) is 1.00. The van der Waals surface area contributed by atoms with Crippen molar-refractivity contribution in [2.24, 2.45) is 0 Å². The Morgan fingerprint density at radius 1 is 0.531 bits per heavy atom. The molecule has 2 saturated heterocycles. The second-order valence-electron chi connectivity index (χ2n) is 8.71. The average Bonchev–Trinajstić information content (AvgIpc) is 3.52. The van der Waals surface area contributed by atoms with E-state index in [1.165, 1.54) is 127 Å². The van der Waals surface area contributed by atoms with E-state index in [2.05, 4.69) is 81.5 Å². The van der Waals surface area contributed by atoms with Crippen molar-refractivity contribution >= 4 is 32.6 Å². The van der Waals surface area contributed by atoms with Crippen molar-refractivity contribution in [2.45, 2.75) is 143 Å². The minimum atomic E-state index is 1.17. The second kappa shape index (κ2) is 42.2. The molecule has 0 bridgehead atoms.